The van der Waals surface area contributed by atoms with Gasteiger partial charge in [0.05, 0.1) is 23.5 Å². The van der Waals surface area contributed by atoms with Crippen LogP contribution in [0.5, 0.6) is 0 Å². The molecule has 6 N–H and O–H groups in total. The van der Waals surface area contributed by atoms with Gasteiger partial charge in [-0.05, 0) is 43.7 Å². The first kappa shape index (κ1) is 26.7. The largest absolute Gasteiger partial charge is 0.416 e. The third-order valence-electron chi connectivity index (χ3n) is 5.86. The lowest BCUT2D eigenvalue weighted by Gasteiger charge is -2.35. The Morgan fingerprint density at radius 3 is 2.66 bits per heavy atom. The van der Waals surface area contributed by atoms with E-state index < -0.39 is 42.0 Å². The Labute approximate surface area is 214 Å². The van der Waals surface area contributed by atoms with Crippen LogP contribution < -0.4 is 22.1 Å². The van der Waals surface area contributed by atoms with Crippen LogP contribution in [0.25, 0.3) is 11.0 Å². The van der Waals surface area contributed by atoms with E-state index in [2.05, 4.69) is 20.8 Å². The second kappa shape index (κ2) is 10.2. The quantitative estimate of drug-likeness (QED) is 0.280. The Hall–Kier alpha value is -4.36. The number of halogens is 4. The smallest absolute Gasteiger partial charge is 0.399 e. The van der Waals surface area contributed by atoms with Gasteiger partial charge in [-0.2, -0.15) is 13.2 Å². The van der Waals surface area contributed by atoms with Gasteiger partial charge in [0.2, 0.25) is 11.5 Å². The highest BCUT2D eigenvalue weighted by Crippen LogP contribution is 2.35. The Kier molecular flexibility index (Phi) is 7.16. The van der Waals surface area contributed by atoms with E-state index in [-0.39, 0.29) is 58.6 Å². The van der Waals surface area contributed by atoms with E-state index in [9.17, 15) is 27.2 Å². The second-order valence-electron chi connectivity index (χ2n) is 9.08. The van der Waals surface area contributed by atoms with Crippen molar-refractivity contribution >= 4 is 40.1 Å². The molecule has 0 bridgehead atoms. The molecule has 10 nitrogen and oxygen atoms in total. The lowest BCUT2D eigenvalue weighted by molar-refractivity contribution is -0.137. The van der Waals surface area contributed by atoms with Crippen LogP contribution in [0.1, 0.15) is 36.6 Å². The van der Waals surface area contributed by atoms with Crippen molar-refractivity contribution in [3.63, 3.8) is 0 Å². The fourth-order valence-corrected chi connectivity index (χ4v) is 4.08. The van der Waals surface area contributed by atoms with Crippen molar-refractivity contribution in [2.75, 3.05) is 24.6 Å². The number of nitrogens with one attached hydrogen (secondary N) is 2. The number of hydrogen-bond acceptors (Lipinski definition) is 8. The molecule has 1 aromatic heterocycles. The number of carbonyl (C=O) groups is 2. The van der Waals surface area contributed by atoms with Crippen LogP contribution in [0, 0.1) is 5.82 Å². The highest BCUT2D eigenvalue weighted by molar-refractivity contribution is 6.38. The van der Waals surface area contributed by atoms with E-state index in [1.807, 2.05) is 0 Å². The highest BCUT2D eigenvalue weighted by Gasteiger charge is 2.37. The van der Waals surface area contributed by atoms with Crippen LogP contribution in [-0.4, -0.2) is 46.8 Å². The fourth-order valence-electron chi connectivity index (χ4n) is 4.08. The van der Waals surface area contributed by atoms with Crippen molar-refractivity contribution in [2.24, 2.45) is 4.99 Å². The number of nitrogens with zero attached hydrogens (tertiary/aromatic N) is 3. The molecular formula is C24H25F4N7O3. The molecule has 2 amide bonds. The number of aliphatic imine (C=N–C) groups is 1. The Balaban J connectivity index is 1.58. The SMILES string of the molecule is CC(C)NC1=NCC(c2cc(N)cc(C(F)(F)F)c2)N(CC(=O)NCc2ccc3c(N)noc3c2F)C1=O. The number of anilines is 2. The van der Waals surface area contributed by atoms with Gasteiger partial charge in [-0.15, -0.1) is 0 Å². The predicted molar refractivity (Wildman–Crippen MR) is 131 cm³/mol. The molecule has 0 saturated carbocycles. The average molecular weight is 536 g/mol. The molecule has 1 atom stereocenters. The molecule has 1 aliphatic heterocycles. The molecule has 38 heavy (non-hydrogen) atoms. The molecule has 1 aliphatic rings. The minimum absolute atomic E-state index is 0.0202. The molecule has 0 aliphatic carbocycles. The van der Waals surface area contributed by atoms with Gasteiger partial charge in [0.25, 0.3) is 5.91 Å². The molecule has 0 spiro atoms. The van der Waals surface area contributed by atoms with Crippen molar-refractivity contribution in [1.29, 1.82) is 0 Å². The lowest BCUT2D eigenvalue weighted by atomic mass is 9.99. The lowest BCUT2D eigenvalue weighted by Crippen LogP contribution is -2.53. The number of aromatic nitrogens is 1. The molecular weight excluding hydrogens is 510 g/mol. The molecule has 1 unspecified atom stereocenters. The van der Waals surface area contributed by atoms with Crippen LogP contribution in [0.2, 0.25) is 0 Å². The first-order valence-electron chi connectivity index (χ1n) is 11.5. The maximum absolute atomic E-state index is 14.7. The van der Waals surface area contributed by atoms with Gasteiger partial charge in [-0.25, -0.2) is 4.39 Å². The van der Waals surface area contributed by atoms with E-state index in [1.165, 1.54) is 18.2 Å². The normalized spacial score (nSPS) is 16.2. The number of hydrogen-bond donors (Lipinski definition) is 4. The third kappa shape index (κ3) is 5.48. The van der Waals surface area contributed by atoms with Crippen LogP contribution in [-0.2, 0) is 22.3 Å². The maximum Gasteiger partial charge on any atom is 0.416 e. The molecule has 0 fully saturated rings. The van der Waals surface area contributed by atoms with Gasteiger partial charge in [-0.3, -0.25) is 14.6 Å². The van der Waals surface area contributed by atoms with Crippen LogP contribution in [0.15, 0.2) is 39.8 Å². The summed E-state index contributed by atoms with van der Waals surface area (Å²) in [6.07, 6.45) is -4.67. The molecule has 0 radical (unpaired) electrons. The molecule has 3 aromatic rings. The van der Waals surface area contributed by atoms with E-state index in [4.69, 9.17) is 16.0 Å². The summed E-state index contributed by atoms with van der Waals surface area (Å²) in [4.78, 5) is 31.4. The Morgan fingerprint density at radius 2 is 1.97 bits per heavy atom. The summed E-state index contributed by atoms with van der Waals surface area (Å²) in [5.41, 5.74) is 10.2. The van der Waals surface area contributed by atoms with Gasteiger partial charge in [0.1, 0.15) is 6.54 Å². The minimum Gasteiger partial charge on any atom is -0.399 e. The van der Waals surface area contributed by atoms with Crippen LogP contribution >= 0.6 is 0 Å². The van der Waals surface area contributed by atoms with Crippen molar-refractivity contribution < 1.29 is 31.7 Å². The number of rotatable bonds is 6. The summed E-state index contributed by atoms with van der Waals surface area (Å²) in [7, 11) is 0. The van der Waals surface area contributed by atoms with E-state index in [1.54, 1.807) is 13.8 Å². The highest BCUT2D eigenvalue weighted by atomic mass is 19.4. The summed E-state index contributed by atoms with van der Waals surface area (Å²) in [6, 6.07) is 4.70. The van der Waals surface area contributed by atoms with Crippen LogP contribution in [0.4, 0.5) is 29.1 Å². The number of amides is 2. The van der Waals surface area contributed by atoms with Crippen molar-refractivity contribution in [3.8, 4) is 0 Å². The van der Waals surface area contributed by atoms with Gasteiger partial charge < -0.3 is 31.5 Å². The third-order valence-corrected chi connectivity index (χ3v) is 5.86. The van der Waals surface area contributed by atoms with Gasteiger partial charge >= 0.3 is 6.18 Å². The van der Waals surface area contributed by atoms with Gasteiger partial charge in [0, 0.05) is 23.8 Å². The van der Waals surface area contributed by atoms with E-state index >= 15 is 0 Å². The predicted octanol–water partition coefficient (Wildman–Crippen LogP) is 2.75. The van der Waals surface area contributed by atoms with Gasteiger partial charge in [-0.1, -0.05) is 11.2 Å². The second-order valence-corrected chi connectivity index (χ2v) is 9.08. The zero-order valence-corrected chi connectivity index (χ0v) is 20.4. The average Bonchev–Trinajstić information content (AvgIpc) is 3.21. The molecule has 2 aromatic carbocycles. The number of benzene rings is 2. The summed E-state index contributed by atoms with van der Waals surface area (Å²) < 4.78 is 59.9. The van der Waals surface area contributed by atoms with E-state index in [0.29, 0.717) is 0 Å². The molecule has 0 saturated heterocycles. The maximum atomic E-state index is 14.7. The summed E-state index contributed by atoms with van der Waals surface area (Å²) in [5, 5.41) is 9.19. The first-order chi connectivity index (χ1) is 17.8. The number of fused-ring (bicyclic) bond motifs is 1. The number of amidine groups is 1. The Morgan fingerprint density at radius 1 is 1.24 bits per heavy atom. The monoisotopic (exact) mass is 535 g/mol. The minimum atomic E-state index is -4.67. The summed E-state index contributed by atoms with van der Waals surface area (Å²) >= 11 is 0. The van der Waals surface area contributed by atoms with E-state index in [0.717, 1.165) is 17.0 Å². The zero-order chi connectivity index (χ0) is 27.8. The molecule has 4 rings (SSSR count). The van der Waals surface area contributed by atoms with Gasteiger partial charge in [0.15, 0.2) is 17.5 Å². The van der Waals surface area contributed by atoms with Crippen LogP contribution in [0.3, 0.4) is 0 Å². The fraction of sp³-hybridized carbons (Fsp3) is 0.333. The summed E-state index contributed by atoms with van der Waals surface area (Å²) in [6.45, 7) is 2.67. The standard InChI is InChI=1S/C24H25F4N7O3/c1-11(2)33-22-23(37)35(17(9-32-22)13-5-14(24(26,27)28)7-15(29)6-13)10-18(36)31-8-12-3-4-16-20(19(12)25)38-34-21(16)30/h3-7,11,17H,8-10,29H2,1-2H3,(H2,30,34)(H,31,36)(H,32,33). The van der Waals surface area contributed by atoms with Crippen molar-refractivity contribution in [1.82, 2.24) is 20.7 Å². The molecule has 202 valence electrons. The zero-order valence-electron chi connectivity index (χ0n) is 20.4. The van der Waals surface area contributed by atoms with Crippen molar-refractivity contribution in [3.05, 3.63) is 52.8 Å². The Bertz CT molecular complexity index is 1420. The topological polar surface area (TPSA) is 152 Å². The summed E-state index contributed by atoms with van der Waals surface area (Å²) in [5.74, 6) is -2.11. The van der Waals surface area contributed by atoms with Crippen molar-refractivity contribution in [2.45, 2.75) is 38.7 Å². The number of carbonyl (C=O) groups excluding carboxylic acids is 2. The number of alkyl halides is 3. The number of nitrogen functional groups attached to an aromatic ring is 2. The number of nitrogens with two attached hydrogens (primary N) is 2. The molecule has 14 heteroatoms. The molecule has 2 heterocycles. The first-order valence-corrected chi connectivity index (χ1v) is 11.5.